The van der Waals surface area contributed by atoms with Crippen LogP contribution in [0.3, 0.4) is 0 Å². The van der Waals surface area contributed by atoms with E-state index in [-0.39, 0.29) is 24.1 Å². The van der Waals surface area contributed by atoms with Crippen LogP contribution in [-0.4, -0.2) is 42.3 Å². The van der Waals surface area contributed by atoms with Gasteiger partial charge in [0.2, 0.25) is 5.91 Å². The van der Waals surface area contributed by atoms with Crippen LogP contribution in [0.2, 0.25) is 0 Å². The fourth-order valence-corrected chi connectivity index (χ4v) is 3.69. The molecule has 0 saturated heterocycles. The molecule has 3 aromatic heterocycles. The molecule has 4 rings (SSSR count). The van der Waals surface area contributed by atoms with Crippen molar-refractivity contribution >= 4 is 34.1 Å². The topological polar surface area (TPSA) is 94.2 Å². The number of fused-ring (bicyclic) bond motifs is 2. The number of pyridine rings is 1. The van der Waals surface area contributed by atoms with Gasteiger partial charge in [-0.25, -0.2) is 4.68 Å². The second kappa shape index (κ2) is 8.44. The first kappa shape index (κ1) is 19.1. The lowest BCUT2D eigenvalue weighted by atomic mass is 10.2. The zero-order valence-electron chi connectivity index (χ0n) is 15.9. The normalized spacial score (nSPS) is 12.3. The first-order chi connectivity index (χ1) is 14.2. The fourth-order valence-electron chi connectivity index (χ4n) is 3.22. The van der Waals surface area contributed by atoms with Crippen LogP contribution < -0.4 is 10.9 Å². The number of nitrogens with zero attached hydrogens (tertiary/aromatic N) is 5. The average molecular weight is 408 g/mol. The summed E-state index contributed by atoms with van der Waals surface area (Å²) in [7, 11) is 0. The number of carbonyl (C=O) groups excluding carboxylic acids is 1. The molecular weight excluding hydrogens is 388 g/mol. The number of hydrogen-bond acceptors (Lipinski definition) is 6. The monoisotopic (exact) mass is 408 g/mol. The first-order valence-electron chi connectivity index (χ1n) is 9.20. The number of benzene rings is 1. The van der Waals surface area contributed by atoms with Crippen molar-refractivity contribution in [2.24, 2.45) is 0 Å². The van der Waals surface area contributed by atoms with Gasteiger partial charge in [0.15, 0.2) is 11.5 Å². The fraction of sp³-hybridized carbons (Fsp3) is 0.250. The van der Waals surface area contributed by atoms with Crippen molar-refractivity contribution in [2.75, 3.05) is 12.0 Å². The molecule has 148 valence electrons. The zero-order chi connectivity index (χ0) is 20.2. The average Bonchev–Trinajstić information content (AvgIpc) is 3.17. The number of rotatable bonds is 7. The second-order valence-electron chi connectivity index (χ2n) is 6.58. The number of thioether (sulfide) groups is 1. The Bertz CT molecular complexity index is 1220. The summed E-state index contributed by atoms with van der Waals surface area (Å²) in [5, 5.41) is 16.9. The maximum atomic E-state index is 12.7. The van der Waals surface area contributed by atoms with Crippen molar-refractivity contribution in [1.82, 2.24) is 29.7 Å². The third-order valence-electron chi connectivity index (χ3n) is 4.65. The summed E-state index contributed by atoms with van der Waals surface area (Å²) in [6.45, 7) is -0.157. The van der Waals surface area contributed by atoms with Crippen LogP contribution in [0.4, 0.5) is 0 Å². The van der Waals surface area contributed by atoms with Gasteiger partial charge in [0.25, 0.3) is 5.56 Å². The summed E-state index contributed by atoms with van der Waals surface area (Å²) in [6.07, 6.45) is 6.18. The lowest BCUT2D eigenvalue weighted by Crippen LogP contribution is -2.36. The van der Waals surface area contributed by atoms with E-state index >= 15 is 0 Å². The summed E-state index contributed by atoms with van der Waals surface area (Å²) >= 11 is 1.69. The van der Waals surface area contributed by atoms with Gasteiger partial charge < -0.3 is 5.32 Å². The van der Waals surface area contributed by atoms with Crippen molar-refractivity contribution in [3.63, 3.8) is 0 Å². The molecule has 1 N–H and O–H groups in total. The zero-order valence-corrected chi connectivity index (χ0v) is 16.7. The number of nitrogens with one attached hydrogen (secondary N) is 1. The smallest absolute Gasteiger partial charge is 0.275 e. The van der Waals surface area contributed by atoms with Crippen LogP contribution in [0.5, 0.6) is 0 Å². The number of amides is 1. The molecule has 4 aromatic rings. The highest BCUT2D eigenvalue weighted by Crippen LogP contribution is 2.18. The summed E-state index contributed by atoms with van der Waals surface area (Å²) < 4.78 is 3.05. The molecule has 1 atom stereocenters. The summed E-state index contributed by atoms with van der Waals surface area (Å²) in [4.78, 5) is 25.3. The predicted molar refractivity (Wildman–Crippen MR) is 113 cm³/mol. The van der Waals surface area contributed by atoms with Gasteiger partial charge in [-0.2, -0.15) is 16.9 Å². The van der Waals surface area contributed by atoms with Crippen LogP contribution >= 0.6 is 11.8 Å². The highest BCUT2D eigenvalue weighted by atomic mass is 32.2. The van der Waals surface area contributed by atoms with E-state index in [4.69, 9.17) is 0 Å². The lowest BCUT2D eigenvalue weighted by Gasteiger charge is -2.17. The Hall–Kier alpha value is -3.20. The highest BCUT2D eigenvalue weighted by Gasteiger charge is 2.20. The van der Waals surface area contributed by atoms with Gasteiger partial charge in [-0.15, -0.1) is 10.2 Å². The quantitative estimate of drug-likeness (QED) is 0.503. The molecule has 0 aliphatic rings. The van der Waals surface area contributed by atoms with E-state index < -0.39 is 0 Å². The molecule has 0 bridgehead atoms. The van der Waals surface area contributed by atoms with Crippen molar-refractivity contribution < 1.29 is 4.79 Å². The Morgan fingerprint density at radius 3 is 2.86 bits per heavy atom. The molecule has 0 spiro atoms. The van der Waals surface area contributed by atoms with Gasteiger partial charge in [-0.3, -0.25) is 14.0 Å². The molecule has 0 unspecified atom stereocenters. The highest BCUT2D eigenvalue weighted by molar-refractivity contribution is 7.98. The van der Waals surface area contributed by atoms with Gasteiger partial charge in [0.1, 0.15) is 6.54 Å². The third kappa shape index (κ3) is 4.00. The molecule has 0 saturated carbocycles. The number of carbonyl (C=O) groups is 1. The minimum atomic E-state index is -0.316. The SMILES string of the molecule is CSCC[C@H](NC(=O)Cn1ncc2ccccc2c1=O)c1nnc2ccccn12. The maximum Gasteiger partial charge on any atom is 0.275 e. The molecule has 1 amide bonds. The van der Waals surface area contributed by atoms with Crippen molar-refractivity contribution in [3.8, 4) is 0 Å². The van der Waals surface area contributed by atoms with E-state index in [9.17, 15) is 9.59 Å². The summed E-state index contributed by atoms with van der Waals surface area (Å²) in [6, 6.07) is 12.5. The van der Waals surface area contributed by atoms with Gasteiger partial charge >= 0.3 is 0 Å². The Morgan fingerprint density at radius 1 is 1.17 bits per heavy atom. The van der Waals surface area contributed by atoms with Crippen LogP contribution in [0, 0.1) is 0 Å². The van der Waals surface area contributed by atoms with Gasteiger partial charge in [-0.05, 0) is 36.6 Å². The van der Waals surface area contributed by atoms with Crippen molar-refractivity contribution in [1.29, 1.82) is 0 Å². The Morgan fingerprint density at radius 2 is 2.00 bits per heavy atom. The van der Waals surface area contributed by atoms with Gasteiger partial charge in [0, 0.05) is 11.6 Å². The Labute approximate surface area is 170 Å². The molecule has 8 nitrogen and oxygen atoms in total. The number of hydrogen-bond donors (Lipinski definition) is 1. The van der Waals surface area contributed by atoms with Crippen molar-refractivity contribution in [2.45, 2.75) is 19.0 Å². The third-order valence-corrected chi connectivity index (χ3v) is 5.30. The first-order valence-corrected chi connectivity index (χ1v) is 10.6. The molecule has 3 heterocycles. The van der Waals surface area contributed by atoms with E-state index in [2.05, 4.69) is 20.6 Å². The standard InChI is InChI=1S/C20H20N6O2S/c1-29-11-9-16(19-24-23-17-8-4-5-10-25(17)19)22-18(27)13-26-20(28)15-7-3-2-6-14(15)12-21-26/h2-8,10,12,16H,9,11,13H2,1H3,(H,22,27)/t16-/m0/s1. The van der Waals surface area contributed by atoms with Crippen LogP contribution in [0.25, 0.3) is 16.4 Å². The van der Waals surface area contributed by atoms with Gasteiger partial charge in [0.05, 0.1) is 17.6 Å². The molecule has 0 radical (unpaired) electrons. The van der Waals surface area contributed by atoms with E-state index in [1.807, 2.05) is 47.2 Å². The largest absolute Gasteiger partial charge is 0.344 e. The summed E-state index contributed by atoms with van der Waals surface area (Å²) in [5.41, 5.74) is 0.435. The predicted octanol–water partition coefficient (Wildman–Crippen LogP) is 2.05. The molecule has 0 fully saturated rings. The molecule has 0 aliphatic carbocycles. The minimum Gasteiger partial charge on any atom is -0.344 e. The summed E-state index contributed by atoms with van der Waals surface area (Å²) in [5.74, 6) is 1.22. The second-order valence-corrected chi connectivity index (χ2v) is 7.57. The maximum absolute atomic E-state index is 12.7. The van der Waals surface area contributed by atoms with E-state index in [1.54, 1.807) is 30.1 Å². The molecule has 0 aliphatic heterocycles. The lowest BCUT2D eigenvalue weighted by molar-refractivity contribution is -0.122. The molecule has 1 aromatic carbocycles. The molecular formula is C20H20N6O2S. The minimum absolute atomic E-state index is 0.157. The van der Waals surface area contributed by atoms with E-state index in [0.717, 1.165) is 16.8 Å². The van der Waals surface area contributed by atoms with Crippen LogP contribution in [0.15, 0.2) is 59.7 Å². The van der Waals surface area contributed by atoms with E-state index in [1.165, 1.54) is 4.68 Å². The van der Waals surface area contributed by atoms with Crippen LogP contribution in [0.1, 0.15) is 18.3 Å². The Kier molecular flexibility index (Phi) is 5.57. The molecule has 29 heavy (non-hydrogen) atoms. The molecule has 9 heteroatoms. The van der Waals surface area contributed by atoms with Gasteiger partial charge in [-0.1, -0.05) is 24.3 Å². The number of aromatic nitrogens is 5. The Balaban J connectivity index is 1.57. The van der Waals surface area contributed by atoms with Crippen molar-refractivity contribution in [3.05, 3.63) is 71.0 Å². The van der Waals surface area contributed by atoms with E-state index in [0.29, 0.717) is 17.6 Å². The van der Waals surface area contributed by atoms with Crippen LogP contribution in [-0.2, 0) is 11.3 Å².